The number of hydrogen-bond donors (Lipinski definition) is 4. The summed E-state index contributed by atoms with van der Waals surface area (Å²) in [5.74, 6) is -6.95. The maximum atomic E-state index is 14.5. The first-order valence-electron chi connectivity index (χ1n) is 25.7. The van der Waals surface area contributed by atoms with Gasteiger partial charge in [-0.2, -0.15) is 11.8 Å². The number of ether oxygens (including phenoxy) is 5. The summed E-state index contributed by atoms with van der Waals surface area (Å²) in [6, 6.07) is -1.16. The van der Waals surface area contributed by atoms with E-state index in [-0.39, 0.29) is 67.8 Å². The van der Waals surface area contributed by atoms with Crippen LogP contribution in [0.3, 0.4) is 0 Å². The van der Waals surface area contributed by atoms with Crippen LogP contribution in [0.2, 0.25) is 0 Å². The zero-order chi connectivity index (χ0) is 51.7. The predicted molar refractivity (Wildman–Crippen MR) is 268 cm³/mol. The molecule has 0 radical (unpaired) electrons. The molecular weight excluding hydrogens is 919 g/mol. The topological polar surface area (TPSA) is 216 Å². The van der Waals surface area contributed by atoms with Gasteiger partial charge in [0.2, 0.25) is 5.79 Å². The molecule has 15 nitrogen and oxygen atoms in total. The third-order valence-corrected chi connectivity index (χ3v) is 15.9. The van der Waals surface area contributed by atoms with Gasteiger partial charge in [0.25, 0.3) is 11.7 Å². The predicted octanol–water partition coefficient (Wildman–Crippen LogP) is 6.28. The molecule has 2 saturated heterocycles. The molecule has 4 rings (SSSR count). The van der Waals surface area contributed by atoms with E-state index in [4.69, 9.17) is 23.7 Å². The summed E-state index contributed by atoms with van der Waals surface area (Å²) in [5, 5.41) is 43.4. The van der Waals surface area contributed by atoms with E-state index in [9.17, 15) is 44.4 Å². The van der Waals surface area contributed by atoms with Crippen LogP contribution in [0.1, 0.15) is 126 Å². The fourth-order valence-electron chi connectivity index (χ4n) is 10.4. The number of Topliss-reactive ketones (excluding diaryl/α,β-unsaturated/α-hetero) is 3. The Hall–Kier alpha value is -3.06. The normalized spacial score (nSPS) is 38.4. The Labute approximate surface area is 421 Å². The molecule has 1 aliphatic carbocycles. The van der Waals surface area contributed by atoms with Crippen molar-refractivity contribution in [1.82, 2.24) is 4.90 Å². The molecule has 2 bridgehead atoms. The number of nitrogens with zero attached hydrogens (tertiary/aromatic N) is 1. The van der Waals surface area contributed by atoms with E-state index in [1.807, 2.05) is 58.1 Å². The van der Waals surface area contributed by atoms with Crippen molar-refractivity contribution in [3.8, 4) is 0 Å². The third kappa shape index (κ3) is 16.7. The first kappa shape index (κ1) is 59.5. The molecule has 1 amide bonds. The Morgan fingerprint density at radius 1 is 0.886 bits per heavy atom. The van der Waals surface area contributed by atoms with Crippen molar-refractivity contribution in [2.45, 2.75) is 180 Å². The molecule has 15 atom stereocenters. The van der Waals surface area contributed by atoms with Gasteiger partial charge in [0.15, 0.2) is 5.78 Å². The van der Waals surface area contributed by atoms with Crippen LogP contribution in [-0.4, -0.2) is 155 Å². The zero-order valence-electron chi connectivity index (χ0n) is 43.3. The number of ketones is 3. The second-order valence-corrected chi connectivity index (χ2v) is 21.8. The van der Waals surface area contributed by atoms with E-state index in [0.717, 1.165) is 5.57 Å². The second-order valence-electron chi connectivity index (χ2n) is 20.6. The maximum Gasteiger partial charge on any atom is 0.329 e. The van der Waals surface area contributed by atoms with Gasteiger partial charge in [0, 0.05) is 62.9 Å². The molecule has 0 unspecified atom stereocenters. The molecule has 16 heteroatoms. The number of carbonyl (C=O) groups excluding carboxylic acids is 5. The SMILES string of the molecule is CO[C@@H]1C[C@H](C[C@@H](C)[C@@H]2CC(=O)[C@H](C)/C=C(\C)[C@@H](O)[C@@H](OC)C(=O)[C@H](C)C[C@H](C)/C=C/C=C/C=C(\C)[C@H](OCCSCCO)C[C@@H]3CC[C@@H](C)[C@@](O)(O3)C(=O)C(=O)N3CCCC[C@H]3C(=O)O2)CC[C@H]1O. The van der Waals surface area contributed by atoms with Crippen LogP contribution >= 0.6 is 11.8 Å². The van der Waals surface area contributed by atoms with Gasteiger partial charge in [-0.25, -0.2) is 4.79 Å². The largest absolute Gasteiger partial charge is 0.460 e. The molecule has 0 aromatic heterocycles. The van der Waals surface area contributed by atoms with Gasteiger partial charge >= 0.3 is 5.97 Å². The molecule has 3 fully saturated rings. The Bertz CT molecular complexity index is 1850. The minimum absolute atomic E-state index is 0.00312. The first-order chi connectivity index (χ1) is 33.2. The van der Waals surface area contributed by atoms with Crippen molar-refractivity contribution in [3.63, 3.8) is 0 Å². The van der Waals surface area contributed by atoms with Crippen LogP contribution < -0.4 is 0 Å². The van der Waals surface area contributed by atoms with Gasteiger partial charge < -0.3 is 49.0 Å². The molecule has 3 heterocycles. The highest BCUT2D eigenvalue weighted by Gasteiger charge is 2.53. The quantitative estimate of drug-likeness (QED) is 0.0776. The summed E-state index contributed by atoms with van der Waals surface area (Å²) in [4.78, 5) is 72.3. The van der Waals surface area contributed by atoms with Crippen molar-refractivity contribution >= 4 is 41.0 Å². The average molecular weight is 1000 g/mol. The standard InChI is InChI=1S/C54H85NO14S/c1-33-15-11-10-12-16-34(2)45(67-24-26-70-25-23-56)31-41-20-18-39(7)54(64,69-41)51(61)52(62)55-22-14-13-17-42(55)53(63)68-46(36(4)29-40-19-21-43(57)47(30-40)65-8)32-44(58)35(3)28-38(6)49(60)50(66-9)48(59)37(5)27-33/h10-12,15-16,28,33,35-37,39-43,45-47,49-50,56-57,60,64H,13-14,17-27,29-32H2,1-9H3/b12-10+,15-11+,34-16+,38-28+/t33-,35-,36-,37-,39-,40+,41+,42+,43-,45-,46+,47-,49-,50+,54-/m1/s1. The van der Waals surface area contributed by atoms with Crippen LogP contribution in [0.5, 0.6) is 0 Å². The highest BCUT2D eigenvalue weighted by atomic mass is 32.2. The van der Waals surface area contributed by atoms with Crippen LogP contribution in [-0.2, 0) is 47.7 Å². The fourth-order valence-corrected chi connectivity index (χ4v) is 11.0. The van der Waals surface area contributed by atoms with Gasteiger partial charge in [0.1, 0.15) is 30.1 Å². The average Bonchev–Trinajstić information content (AvgIpc) is 3.33. The van der Waals surface area contributed by atoms with Crippen LogP contribution in [0.4, 0.5) is 0 Å². The molecule has 0 aromatic carbocycles. The van der Waals surface area contributed by atoms with Crippen LogP contribution in [0.25, 0.3) is 0 Å². The van der Waals surface area contributed by atoms with Crippen molar-refractivity contribution in [3.05, 3.63) is 47.6 Å². The number of hydrogen-bond acceptors (Lipinski definition) is 15. The van der Waals surface area contributed by atoms with Crippen molar-refractivity contribution in [2.24, 2.45) is 35.5 Å². The minimum Gasteiger partial charge on any atom is -0.460 e. The highest BCUT2D eigenvalue weighted by Crippen LogP contribution is 2.38. The minimum atomic E-state index is -2.47. The molecule has 3 aliphatic heterocycles. The third-order valence-electron chi connectivity index (χ3n) is 15.0. The van der Waals surface area contributed by atoms with E-state index in [1.165, 1.54) is 12.0 Å². The van der Waals surface area contributed by atoms with Gasteiger partial charge in [-0.15, -0.1) is 0 Å². The number of thioether (sulfide) groups is 1. The summed E-state index contributed by atoms with van der Waals surface area (Å²) in [6.45, 7) is 13.1. The Balaban J connectivity index is 1.71. The summed E-state index contributed by atoms with van der Waals surface area (Å²) >= 11 is 1.55. The number of amides is 1. The smallest absolute Gasteiger partial charge is 0.329 e. The molecular formula is C54H85NO14S. The molecule has 70 heavy (non-hydrogen) atoms. The Morgan fingerprint density at radius 2 is 1.63 bits per heavy atom. The summed E-state index contributed by atoms with van der Waals surface area (Å²) in [5.41, 5.74) is 1.25. The highest BCUT2D eigenvalue weighted by molar-refractivity contribution is 7.99. The Morgan fingerprint density at radius 3 is 2.33 bits per heavy atom. The van der Waals surface area contributed by atoms with E-state index in [1.54, 1.807) is 45.7 Å². The van der Waals surface area contributed by atoms with E-state index < -0.39 is 83.9 Å². The Kier molecular flexibility index (Phi) is 24.6. The lowest BCUT2D eigenvalue weighted by Gasteiger charge is -2.43. The van der Waals surface area contributed by atoms with E-state index >= 15 is 0 Å². The van der Waals surface area contributed by atoms with Crippen LogP contribution in [0.15, 0.2) is 47.6 Å². The van der Waals surface area contributed by atoms with Crippen molar-refractivity contribution in [2.75, 3.05) is 45.5 Å². The van der Waals surface area contributed by atoms with Crippen LogP contribution in [0, 0.1) is 35.5 Å². The lowest BCUT2D eigenvalue weighted by Crippen LogP contribution is -2.61. The number of esters is 1. The maximum absolute atomic E-state index is 14.5. The van der Waals surface area contributed by atoms with E-state index in [2.05, 4.69) is 0 Å². The number of aliphatic hydroxyl groups is 4. The molecule has 4 N–H and O–H groups in total. The zero-order valence-corrected chi connectivity index (χ0v) is 44.1. The number of fused-ring (bicyclic) bond motifs is 3. The molecule has 4 aliphatic rings. The molecule has 0 aromatic rings. The summed E-state index contributed by atoms with van der Waals surface area (Å²) in [6.07, 6.45) is 10.9. The van der Waals surface area contributed by atoms with Crippen molar-refractivity contribution in [1.29, 1.82) is 0 Å². The first-order valence-corrected chi connectivity index (χ1v) is 26.9. The number of cyclic esters (lactones) is 1. The lowest BCUT2D eigenvalue weighted by molar-refractivity contribution is -0.266. The fraction of sp³-hybridized carbons (Fsp3) is 0.759. The summed E-state index contributed by atoms with van der Waals surface area (Å²) in [7, 11) is 2.94. The molecule has 1 saturated carbocycles. The van der Waals surface area contributed by atoms with E-state index in [0.29, 0.717) is 81.5 Å². The number of allylic oxidation sites excluding steroid dienone is 6. The number of aliphatic hydroxyl groups excluding tert-OH is 3. The van der Waals surface area contributed by atoms with Gasteiger partial charge in [0.05, 0.1) is 37.6 Å². The number of rotatable bonds is 11. The number of carbonyl (C=O) groups is 5. The van der Waals surface area contributed by atoms with Gasteiger partial charge in [-0.05, 0) is 107 Å². The number of methoxy groups -OCH3 is 2. The monoisotopic (exact) mass is 1000 g/mol. The molecule has 396 valence electrons. The number of piperidine rings is 1. The van der Waals surface area contributed by atoms with Crippen molar-refractivity contribution < 1.29 is 68.1 Å². The van der Waals surface area contributed by atoms with Gasteiger partial charge in [-0.1, -0.05) is 71.1 Å². The molecule has 0 spiro atoms. The second kappa shape index (κ2) is 29.0. The van der Waals surface area contributed by atoms with Gasteiger partial charge in [-0.3, -0.25) is 19.2 Å². The lowest BCUT2D eigenvalue weighted by atomic mass is 9.78. The summed E-state index contributed by atoms with van der Waals surface area (Å²) < 4.78 is 30.1.